The molecule has 0 aromatic rings. The maximum Gasteiger partial charge on any atom is 0.00954 e. The van der Waals surface area contributed by atoms with Crippen molar-refractivity contribution in [2.75, 3.05) is 6.26 Å². The fraction of sp³-hybridized carbons (Fsp3) is 1.00. The Hall–Kier alpha value is 0.310. The van der Waals surface area contributed by atoms with Crippen molar-refractivity contribution in [2.24, 2.45) is 5.92 Å². The zero-order valence-corrected chi connectivity index (χ0v) is 10.3. The lowest BCUT2D eigenvalue weighted by Gasteiger charge is -2.40. The largest absolute Gasteiger partial charge is 0.311 e. The molecule has 14 heavy (non-hydrogen) atoms. The maximum absolute atomic E-state index is 3.86. The molecule has 82 valence electrons. The van der Waals surface area contributed by atoms with E-state index < -0.39 is 0 Å². The van der Waals surface area contributed by atoms with Gasteiger partial charge in [-0.25, -0.2) is 0 Å². The summed E-state index contributed by atoms with van der Waals surface area (Å²) < 4.78 is 0. The molecule has 0 aromatic heterocycles. The topological polar surface area (TPSA) is 12.0 Å². The molecule has 0 saturated heterocycles. The molecule has 2 aliphatic rings. The van der Waals surface area contributed by atoms with Crippen LogP contribution in [0.5, 0.6) is 0 Å². The lowest BCUT2D eigenvalue weighted by molar-refractivity contribution is 0.194. The van der Waals surface area contributed by atoms with Gasteiger partial charge in [0.05, 0.1) is 0 Å². The highest BCUT2D eigenvalue weighted by Crippen LogP contribution is 2.31. The van der Waals surface area contributed by atoms with Gasteiger partial charge in [0.2, 0.25) is 0 Å². The minimum absolute atomic E-state index is 0.828. The van der Waals surface area contributed by atoms with Gasteiger partial charge >= 0.3 is 0 Å². The Kier molecular flexibility index (Phi) is 3.78. The summed E-state index contributed by atoms with van der Waals surface area (Å²) in [5.41, 5.74) is 0. The molecule has 2 rings (SSSR count). The average molecular weight is 213 g/mol. The summed E-state index contributed by atoms with van der Waals surface area (Å²) in [6, 6.07) is 1.68. The van der Waals surface area contributed by atoms with E-state index in [1.807, 2.05) is 0 Å². The third-order valence-corrected chi connectivity index (χ3v) is 5.12. The quantitative estimate of drug-likeness (QED) is 0.773. The normalized spacial score (nSPS) is 43.3. The second kappa shape index (κ2) is 4.89. The van der Waals surface area contributed by atoms with Crippen molar-refractivity contribution in [3.05, 3.63) is 0 Å². The SMILES string of the molecule is CSC1CCCC(NC2CCC2C)C1. The Morgan fingerprint density at radius 3 is 2.57 bits per heavy atom. The van der Waals surface area contributed by atoms with E-state index in [2.05, 4.69) is 30.3 Å². The molecule has 2 saturated carbocycles. The third-order valence-electron chi connectivity index (χ3n) is 4.03. The molecule has 0 bridgehead atoms. The lowest BCUT2D eigenvalue weighted by atomic mass is 9.80. The van der Waals surface area contributed by atoms with Crippen molar-refractivity contribution >= 4 is 11.8 Å². The molecule has 0 spiro atoms. The summed E-state index contributed by atoms with van der Waals surface area (Å²) in [7, 11) is 0. The summed E-state index contributed by atoms with van der Waals surface area (Å²) in [5.74, 6) is 0.935. The van der Waals surface area contributed by atoms with Gasteiger partial charge in [-0.05, 0) is 44.3 Å². The fourth-order valence-electron chi connectivity index (χ4n) is 2.73. The zero-order valence-electron chi connectivity index (χ0n) is 9.46. The number of hydrogen-bond acceptors (Lipinski definition) is 2. The molecule has 4 atom stereocenters. The van der Waals surface area contributed by atoms with Crippen molar-refractivity contribution in [3.63, 3.8) is 0 Å². The Balaban J connectivity index is 1.74. The van der Waals surface area contributed by atoms with Crippen LogP contribution in [0.1, 0.15) is 45.4 Å². The van der Waals surface area contributed by atoms with Gasteiger partial charge in [-0.3, -0.25) is 0 Å². The molecular formula is C12H23NS. The fourth-order valence-corrected chi connectivity index (χ4v) is 3.55. The van der Waals surface area contributed by atoms with Gasteiger partial charge in [0, 0.05) is 17.3 Å². The van der Waals surface area contributed by atoms with Crippen LogP contribution < -0.4 is 5.32 Å². The first-order chi connectivity index (χ1) is 6.79. The molecule has 0 radical (unpaired) electrons. The maximum atomic E-state index is 3.86. The minimum atomic E-state index is 0.828. The molecule has 2 fully saturated rings. The monoisotopic (exact) mass is 213 g/mol. The van der Waals surface area contributed by atoms with Crippen LogP contribution >= 0.6 is 11.8 Å². The predicted molar refractivity (Wildman–Crippen MR) is 64.9 cm³/mol. The van der Waals surface area contributed by atoms with Crippen LogP contribution in [-0.4, -0.2) is 23.6 Å². The van der Waals surface area contributed by atoms with Crippen molar-refractivity contribution in [3.8, 4) is 0 Å². The summed E-state index contributed by atoms with van der Waals surface area (Å²) in [4.78, 5) is 0. The minimum Gasteiger partial charge on any atom is -0.311 e. The lowest BCUT2D eigenvalue weighted by Crippen LogP contribution is -2.49. The third kappa shape index (κ3) is 2.46. The molecule has 1 N–H and O–H groups in total. The second-order valence-electron chi connectivity index (χ2n) is 5.05. The van der Waals surface area contributed by atoms with Gasteiger partial charge in [0.15, 0.2) is 0 Å². The Labute approximate surface area is 92.4 Å². The van der Waals surface area contributed by atoms with Crippen LogP contribution in [0.25, 0.3) is 0 Å². The van der Waals surface area contributed by atoms with Gasteiger partial charge in [-0.1, -0.05) is 13.3 Å². The summed E-state index contributed by atoms with van der Waals surface area (Å²) in [6.45, 7) is 2.38. The molecule has 0 heterocycles. The summed E-state index contributed by atoms with van der Waals surface area (Å²) in [6.07, 6.45) is 10.8. The standard InChI is InChI=1S/C12H23NS/c1-9-6-7-12(9)13-10-4-3-5-11(8-10)14-2/h9-13H,3-8H2,1-2H3. The zero-order chi connectivity index (χ0) is 9.97. The van der Waals surface area contributed by atoms with Gasteiger partial charge < -0.3 is 5.32 Å². The van der Waals surface area contributed by atoms with E-state index in [1.165, 1.54) is 38.5 Å². The Bertz CT molecular complexity index is 183. The molecule has 0 aromatic carbocycles. The van der Waals surface area contributed by atoms with Gasteiger partial charge in [0.25, 0.3) is 0 Å². The van der Waals surface area contributed by atoms with Crippen LogP contribution in [0.4, 0.5) is 0 Å². The molecular weight excluding hydrogens is 190 g/mol. The van der Waals surface area contributed by atoms with E-state index in [4.69, 9.17) is 0 Å². The highest BCUT2D eigenvalue weighted by molar-refractivity contribution is 7.99. The smallest absolute Gasteiger partial charge is 0.00954 e. The molecule has 0 aliphatic heterocycles. The first kappa shape index (κ1) is 10.8. The van der Waals surface area contributed by atoms with E-state index in [-0.39, 0.29) is 0 Å². The Morgan fingerprint density at radius 2 is 2.00 bits per heavy atom. The van der Waals surface area contributed by atoms with Crippen LogP contribution in [0.2, 0.25) is 0 Å². The summed E-state index contributed by atoms with van der Waals surface area (Å²) in [5, 5.41) is 4.78. The van der Waals surface area contributed by atoms with Crippen molar-refractivity contribution in [2.45, 2.75) is 62.8 Å². The van der Waals surface area contributed by atoms with Crippen LogP contribution in [0, 0.1) is 5.92 Å². The predicted octanol–water partition coefficient (Wildman–Crippen LogP) is 3.05. The van der Waals surface area contributed by atoms with Crippen molar-refractivity contribution in [1.82, 2.24) is 5.32 Å². The molecule has 4 unspecified atom stereocenters. The van der Waals surface area contributed by atoms with Crippen LogP contribution in [0.3, 0.4) is 0 Å². The van der Waals surface area contributed by atoms with E-state index in [0.29, 0.717) is 0 Å². The van der Waals surface area contributed by atoms with E-state index in [0.717, 1.165) is 23.3 Å². The van der Waals surface area contributed by atoms with Crippen LogP contribution in [-0.2, 0) is 0 Å². The van der Waals surface area contributed by atoms with E-state index in [9.17, 15) is 0 Å². The number of hydrogen-bond donors (Lipinski definition) is 1. The molecule has 1 nitrogen and oxygen atoms in total. The average Bonchev–Trinajstić information content (AvgIpc) is 2.24. The number of nitrogens with one attached hydrogen (secondary N) is 1. The molecule has 2 aliphatic carbocycles. The number of rotatable bonds is 3. The van der Waals surface area contributed by atoms with E-state index >= 15 is 0 Å². The summed E-state index contributed by atoms with van der Waals surface area (Å²) >= 11 is 2.06. The molecule has 0 amide bonds. The highest BCUT2D eigenvalue weighted by atomic mass is 32.2. The van der Waals surface area contributed by atoms with Gasteiger partial charge in [-0.2, -0.15) is 11.8 Å². The van der Waals surface area contributed by atoms with Gasteiger partial charge in [-0.15, -0.1) is 0 Å². The molecule has 2 heteroatoms. The van der Waals surface area contributed by atoms with Crippen LogP contribution in [0.15, 0.2) is 0 Å². The highest BCUT2D eigenvalue weighted by Gasteiger charge is 2.30. The first-order valence-electron chi connectivity index (χ1n) is 6.08. The van der Waals surface area contributed by atoms with Gasteiger partial charge in [0.1, 0.15) is 0 Å². The Morgan fingerprint density at radius 1 is 1.14 bits per heavy atom. The van der Waals surface area contributed by atoms with E-state index in [1.54, 1.807) is 0 Å². The van der Waals surface area contributed by atoms with Crippen molar-refractivity contribution < 1.29 is 0 Å². The first-order valence-corrected chi connectivity index (χ1v) is 7.37. The van der Waals surface area contributed by atoms with Crippen molar-refractivity contribution in [1.29, 1.82) is 0 Å². The second-order valence-corrected chi connectivity index (χ2v) is 6.19. The number of thioether (sulfide) groups is 1.